The Hall–Kier alpha value is -7.56. The molecule has 11 rings (SSSR count). The molecule has 4 nitrogen and oxygen atoms in total. The number of rotatable bonds is 5. The molecular formula is C55H43N3O. The Morgan fingerprint density at radius 3 is 1.92 bits per heavy atom. The van der Waals surface area contributed by atoms with Crippen molar-refractivity contribution in [3.8, 4) is 39.5 Å². The summed E-state index contributed by atoms with van der Waals surface area (Å²) in [5.41, 5.74) is 11.2. The van der Waals surface area contributed by atoms with Crippen molar-refractivity contribution in [2.24, 2.45) is 0 Å². The topological polar surface area (TPSA) is 43.9 Å². The number of para-hydroxylation sites is 4. The summed E-state index contributed by atoms with van der Waals surface area (Å²) in [7, 11) is 0. The fraction of sp³-hybridized carbons (Fsp3) is 0.0545. The van der Waals surface area contributed by atoms with Gasteiger partial charge in [0.05, 0.1) is 22.2 Å². The smallest absolute Gasteiger partial charge is 0.160 e. The normalized spacial score (nSPS) is 11.3. The molecule has 0 bridgehead atoms. The highest BCUT2D eigenvalue weighted by Gasteiger charge is 2.20. The summed E-state index contributed by atoms with van der Waals surface area (Å²) in [6.45, 7) is 9.42. The van der Waals surface area contributed by atoms with Crippen LogP contribution in [0, 0.1) is 0 Å². The lowest BCUT2D eigenvalue weighted by Crippen LogP contribution is -1.97. The maximum Gasteiger partial charge on any atom is 0.160 e. The van der Waals surface area contributed by atoms with Crippen LogP contribution in [0.25, 0.3) is 105 Å². The van der Waals surface area contributed by atoms with Crippen LogP contribution < -0.4 is 0 Å². The fourth-order valence-electron chi connectivity index (χ4n) is 8.20. The number of allylic oxidation sites excluding steroid dienone is 3. The van der Waals surface area contributed by atoms with Crippen molar-refractivity contribution in [3.05, 3.63) is 201 Å². The van der Waals surface area contributed by atoms with Gasteiger partial charge in [0, 0.05) is 43.7 Å². The largest absolute Gasteiger partial charge is 0.455 e. The lowest BCUT2D eigenvalue weighted by Gasteiger charge is -2.13. The maximum absolute atomic E-state index is 6.46. The highest BCUT2D eigenvalue weighted by atomic mass is 16.3. The van der Waals surface area contributed by atoms with Crippen LogP contribution in [0.3, 0.4) is 0 Å². The van der Waals surface area contributed by atoms with E-state index in [1.807, 2.05) is 57.2 Å². The molecule has 0 unspecified atom stereocenters. The van der Waals surface area contributed by atoms with E-state index in [4.69, 9.17) is 14.4 Å². The number of aromatic nitrogens is 3. The van der Waals surface area contributed by atoms with E-state index in [2.05, 4.69) is 163 Å². The van der Waals surface area contributed by atoms with Gasteiger partial charge in [-0.1, -0.05) is 160 Å². The molecule has 3 heterocycles. The van der Waals surface area contributed by atoms with E-state index in [-0.39, 0.29) is 0 Å². The van der Waals surface area contributed by atoms with Crippen LogP contribution in [0.15, 0.2) is 205 Å². The molecular weight excluding hydrogens is 719 g/mol. The van der Waals surface area contributed by atoms with Crippen molar-refractivity contribution in [1.29, 1.82) is 0 Å². The molecule has 0 fully saturated rings. The van der Waals surface area contributed by atoms with Crippen LogP contribution in [0.4, 0.5) is 0 Å². The number of fused-ring (bicyclic) bond motifs is 9. The highest BCUT2D eigenvalue weighted by Crippen LogP contribution is 2.42. The summed E-state index contributed by atoms with van der Waals surface area (Å²) in [6, 6.07) is 61.9. The molecule has 0 radical (unpaired) electrons. The molecule has 0 N–H and O–H groups in total. The molecule has 0 amide bonds. The molecule has 11 aromatic rings. The first-order valence-corrected chi connectivity index (χ1v) is 20.2. The van der Waals surface area contributed by atoms with Crippen molar-refractivity contribution in [2.45, 2.75) is 20.8 Å². The van der Waals surface area contributed by atoms with Gasteiger partial charge >= 0.3 is 0 Å². The predicted molar refractivity (Wildman–Crippen MR) is 251 cm³/mol. The first-order chi connectivity index (χ1) is 29.2. The number of hydrogen-bond acceptors (Lipinski definition) is 3. The van der Waals surface area contributed by atoms with Gasteiger partial charge in [0.25, 0.3) is 0 Å². The van der Waals surface area contributed by atoms with Crippen molar-refractivity contribution in [2.75, 3.05) is 0 Å². The van der Waals surface area contributed by atoms with Gasteiger partial charge in [-0.15, -0.1) is 0 Å². The molecule has 0 aliphatic heterocycles. The third-order valence-electron chi connectivity index (χ3n) is 10.7. The molecule has 8 aromatic carbocycles. The van der Waals surface area contributed by atoms with Gasteiger partial charge in [-0.2, -0.15) is 0 Å². The molecule has 0 saturated carbocycles. The zero-order valence-electron chi connectivity index (χ0n) is 33.4. The van der Waals surface area contributed by atoms with Crippen LogP contribution >= 0.6 is 0 Å². The lowest BCUT2D eigenvalue weighted by molar-refractivity contribution is 0.670. The average Bonchev–Trinajstić information content (AvgIpc) is 3.86. The fourth-order valence-corrected chi connectivity index (χ4v) is 8.20. The van der Waals surface area contributed by atoms with Crippen molar-refractivity contribution in [1.82, 2.24) is 14.5 Å². The van der Waals surface area contributed by atoms with Gasteiger partial charge in [-0.25, -0.2) is 9.97 Å². The Labute approximate surface area is 344 Å². The second-order valence-electron chi connectivity index (χ2n) is 14.1. The zero-order chi connectivity index (χ0) is 40.3. The Morgan fingerprint density at radius 1 is 0.525 bits per heavy atom. The van der Waals surface area contributed by atoms with E-state index in [0.717, 1.165) is 55.3 Å². The van der Waals surface area contributed by atoms with E-state index >= 15 is 0 Å². The standard InChI is InChI=1S/C48H29N3O.C5H8.C2H6/c1-2-13-30(14-3-1)40-29-43-45(35-17-5-4-15-33(35)40)38-19-7-10-23-42(38)51(43)32-27-25-31(26-28-32)48-49-41-22-9-6-18-37(41)46(50-48)39-21-12-20-36-34-16-8-11-24-44(34)52-47(36)39;1-3-5-4-2;1-2/h1-29H;3-5H,1H2,2H3;1-2H3/b;5-4-;. The number of nitrogens with zero attached hydrogens (tertiary/aromatic N) is 3. The molecule has 59 heavy (non-hydrogen) atoms. The second kappa shape index (κ2) is 16.1. The minimum atomic E-state index is 0.674. The van der Waals surface area contributed by atoms with Gasteiger partial charge in [-0.3, -0.25) is 0 Å². The predicted octanol–water partition coefficient (Wildman–Crippen LogP) is 15.6. The zero-order valence-corrected chi connectivity index (χ0v) is 33.4. The van der Waals surface area contributed by atoms with Gasteiger partial charge in [-0.05, 0) is 83.4 Å². The summed E-state index contributed by atoms with van der Waals surface area (Å²) in [5, 5.41) is 8.17. The van der Waals surface area contributed by atoms with Crippen LogP contribution in [0.5, 0.6) is 0 Å². The van der Waals surface area contributed by atoms with Crippen LogP contribution in [-0.2, 0) is 0 Å². The molecule has 4 heteroatoms. The monoisotopic (exact) mass is 761 g/mol. The van der Waals surface area contributed by atoms with E-state index < -0.39 is 0 Å². The molecule has 0 aliphatic carbocycles. The molecule has 284 valence electrons. The second-order valence-corrected chi connectivity index (χ2v) is 14.1. The average molecular weight is 762 g/mol. The van der Waals surface area contributed by atoms with E-state index in [1.54, 1.807) is 6.08 Å². The van der Waals surface area contributed by atoms with Crippen molar-refractivity contribution in [3.63, 3.8) is 0 Å². The summed E-state index contributed by atoms with van der Waals surface area (Å²) < 4.78 is 8.85. The molecule has 0 atom stereocenters. The number of hydrogen-bond donors (Lipinski definition) is 0. The van der Waals surface area contributed by atoms with Gasteiger partial charge in [0.15, 0.2) is 5.82 Å². The summed E-state index contributed by atoms with van der Waals surface area (Å²) in [6.07, 6.45) is 5.58. The van der Waals surface area contributed by atoms with Crippen molar-refractivity contribution >= 4 is 65.4 Å². The highest BCUT2D eigenvalue weighted by molar-refractivity contribution is 6.24. The Kier molecular flexibility index (Phi) is 10.1. The first kappa shape index (κ1) is 37.0. The number of benzene rings is 8. The SMILES string of the molecule is C=C/C=C\C.CC.c1ccc(-c2cc3c(c4ccccc24)c2ccccc2n3-c2ccc(-c3nc(-c4cccc5c4oc4ccccc45)c4ccccc4n3)cc2)cc1. The minimum absolute atomic E-state index is 0.674. The van der Waals surface area contributed by atoms with Gasteiger partial charge in [0.1, 0.15) is 11.2 Å². The maximum atomic E-state index is 6.46. The van der Waals surface area contributed by atoms with Crippen LogP contribution in [0.1, 0.15) is 20.8 Å². The summed E-state index contributed by atoms with van der Waals surface area (Å²) in [4.78, 5) is 10.3. The number of furan rings is 1. The summed E-state index contributed by atoms with van der Waals surface area (Å²) >= 11 is 0. The Morgan fingerprint density at radius 2 is 1.17 bits per heavy atom. The Bertz CT molecular complexity index is 3320. The van der Waals surface area contributed by atoms with E-state index in [0.29, 0.717) is 5.82 Å². The summed E-state index contributed by atoms with van der Waals surface area (Å²) in [5.74, 6) is 0.674. The Balaban J connectivity index is 0.000000600. The lowest BCUT2D eigenvalue weighted by atomic mass is 9.95. The molecule has 0 aliphatic rings. The molecule has 3 aromatic heterocycles. The third-order valence-corrected chi connectivity index (χ3v) is 10.7. The van der Waals surface area contributed by atoms with Crippen LogP contribution in [-0.4, -0.2) is 14.5 Å². The van der Waals surface area contributed by atoms with Crippen molar-refractivity contribution < 1.29 is 4.42 Å². The van der Waals surface area contributed by atoms with Crippen LogP contribution in [0.2, 0.25) is 0 Å². The third kappa shape index (κ3) is 6.55. The van der Waals surface area contributed by atoms with E-state index in [9.17, 15) is 0 Å². The van der Waals surface area contributed by atoms with Gasteiger partial charge < -0.3 is 8.98 Å². The first-order valence-electron chi connectivity index (χ1n) is 20.2. The molecule has 0 saturated heterocycles. The van der Waals surface area contributed by atoms with Gasteiger partial charge in [0.2, 0.25) is 0 Å². The quantitative estimate of drug-likeness (QED) is 0.164. The van der Waals surface area contributed by atoms with E-state index in [1.165, 1.54) is 43.7 Å². The minimum Gasteiger partial charge on any atom is -0.455 e. The molecule has 0 spiro atoms.